The molecule has 0 saturated heterocycles. The quantitative estimate of drug-likeness (QED) is 0.173. The van der Waals surface area contributed by atoms with E-state index in [-0.39, 0.29) is 0 Å². The first-order chi connectivity index (χ1) is 28.3. The third-order valence-electron chi connectivity index (χ3n) is 11.7. The van der Waals surface area contributed by atoms with Gasteiger partial charge in [-0.25, -0.2) is 0 Å². The van der Waals surface area contributed by atoms with Crippen molar-refractivity contribution in [1.82, 2.24) is 9.13 Å². The first-order valence-electron chi connectivity index (χ1n) is 19.5. The van der Waals surface area contributed by atoms with Gasteiger partial charge in [0.2, 0.25) is 0 Å². The summed E-state index contributed by atoms with van der Waals surface area (Å²) in [6, 6.07) is 74.4. The standard InChI is InChI=1S/C54H34N2O/c1-3-13-35(14-4-1)39-27-29-49-46(33-39)47-34-40(36-15-5-2-6-16-36)28-30-50(47)55(49)42-20-10-18-38(32-42)37-17-9-19-41(31-37)43-22-11-25-51-54(43)57-52-26-12-23-45-44-21-7-8-24-48(44)56(51)53(45)52/h1-34H. The summed E-state index contributed by atoms with van der Waals surface area (Å²) >= 11 is 0. The number of aromatic nitrogens is 2. The molecule has 0 atom stereocenters. The molecule has 2 aromatic heterocycles. The number of para-hydroxylation sites is 3. The fourth-order valence-corrected chi connectivity index (χ4v) is 9.08. The maximum atomic E-state index is 6.81. The van der Waals surface area contributed by atoms with E-state index in [0.717, 1.165) is 50.6 Å². The van der Waals surface area contributed by atoms with Crippen molar-refractivity contribution < 1.29 is 4.74 Å². The molecule has 0 amide bonds. The van der Waals surface area contributed by atoms with Crippen LogP contribution >= 0.6 is 0 Å². The summed E-state index contributed by atoms with van der Waals surface area (Å²) in [4.78, 5) is 0. The Labute approximate surface area is 329 Å². The molecule has 57 heavy (non-hydrogen) atoms. The average molecular weight is 727 g/mol. The van der Waals surface area contributed by atoms with E-state index < -0.39 is 0 Å². The zero-order valence-electron chi connectivity index (χ0n) is 30.9. The van der Waals surface area contributed by atoms with Gasteiger partial charge in [0, 0.05) is 32.8 Å². The Morgan fingerprint density at radius 1 is 0.316 bits per heavy atom. The lowest BCUT2D eigenvalue weighted by atomic mass is 9.97. The Hall–Kier alpha value is -7.62. The van der Waals surface area contributed by atoms with Crippen LogP contribution in [0.25, 0.3) is 99.5 Å². The molecule has 0 radical (unpaired) electrons. The van der Waals surface area contributed by atoms with Crippen molar-refractivity contribution in [3.8, 4) is 67.4 Å². The second kappa shape index (κ2) is 12.5. The molecule has 0 fully saturated rings. The van der Waals surface area contributed by atoms with Crippen LogP contribution in [-0.4, -0.2) is 9.13 Å². The highest BCUT2D eigenvalue weighted by Crippen LogP contribution is 2.49. The summed E-state index contributed by atoms with van der Waals surface area (Å²) in [7, 11) is 0. The summed E-state index contributed by atoms with van der Waals surface area (Å²) < 4.78 is 11.6. The summed E-state index contributed by atoms with van der Waals surface area (Å²) in [5.41, 5.74) is 16.2. The summed E-state index contributed by atoms with van der Waals surface area (Å²) in [5, 5.41) is 4.91. The van der Waals surface area contributed by atoms with Crippen molar-refractivity contribution in [3.05, 3.63) is 206 Å². The summed E-state index contributed by atoms with van der Waals surface area (Å²) in [6.45, 7) is 0. The van der Waals surface area contributed by atoms with Gasteiger partial charge >= 0.3 is 0 Å². The maximum absolute atomic E-state index is 6.81. The van der Waals surface area contributed by atoms with Crippen LogP contribution < -0.4 is 4.74 Å². The minimum Gasteiger partial charge on any atom is -0.452 e. The number of fused-ring (bicyclic) bond motifs is 8. The third-order valence-corrected chi connectivity index (χ3v) is 11.7. The molecule has 11 aromatic rings. The van der Waals surface area contributed by atoms with Crippen LogP contribution in [0.5, 0.6) is 11.5 Å². The summed E-state index contributed by atoms with van der Waals surface area (Å²) in [5.74, 6) is 1.75. The van der Waals surface area contributed by atoms with Gasteiger partial charge in [-0.1, -0.05) is 146 Å². The van der Waals surface area contributed by atoms with E-state index in [1.165, 1.54) is 60.3 Å². The van der Waals surface area contributed by atoms with Crippen LogP contribution in [0, 0.1) is 0 Å². The molecule has 0 N–H and O–H groups in total. The molecule has 9 aromatic carbocycles. The first-order valence-corrected chi connectivity index (χ1v) is 19.5. The lowest BCUT2D eigenvalue weighted by Crippen LogP contribution is -2.05. The Bertz CT molecular complexity index is 3270. The zero-order valence-corrected chi connectivity index (χ0v) is 30.9. The minimum absolute atomic E-state index is 0.875. The van der Waals surface area contributed by atoms with Gasteiger partial charge in [-0.3, -0.25) is 0 Å². The van der Waals surface area contributed by atoms with Gasteiger partial charge in [0.25, 0.3) is 0 Å². The van der Waals surface area contributed by atoms with Crippen LogP contribution in [0.3, 0.4) is 0 Å². The Balaban J connectivity index is 0.992. The number of hydrogen-bond acceptors (Lipinski definition) is 1. The first kappa shape index (κ1) is 31.7. The molecule has 1 aliphatic heterocycles. The molecule has 0 aliphatic carbocycles. The highest BCUT2D eigenvalue weighted by molar-refractivity contribution is 6.13. The van der Waals surface area contributed by atoms with E-state index in [9.17, 15) is 0 Å². The molecule has 0 saturated carbocycles. The van der Waals surface area contributed by atoms with Gasteiger partial charge in [0.15, 0.2) is 11.5 Å². The molecule has 3 heteroatoms. The SMILES string of the molecule is c1ccc(-c2ccc3c(c2)c2cc(-c4ccccc4)ccc2n3-c2cccc(-c3cccc(-c4cccc5c4Oc4cccc6c7ccccc7n-5c46)c3)c2)cc1. The van der Waals surface area contributed by atoms with Crippen molar-refractivity contribution in [1.29, 1.82) is 0 Å². The fraction of sp³-hybridized carbons (Fsp3) is 0. The lowest BCUT2D eigenvalue weighted by Gasteiger charge is -2.23. The molecule has 266 valence electrons. The van der Waals surface area contributed by atoms with Crippen LogP contribution in [0.4, 0.5) is 0 Å². The van der Waals surface area contributed by atoms with Gasteiger partial charge in [-0.05, 0) is 99.6 Å². The topological polar surface area (TPSA) is 19.1 Å². The lowest BCUT2D eigenvalue weighted by molar-refractivity contribution is 0.478. The van der Waals surface area contributed by atoms with E-state index in [1.807, 2.05) is 0 Å². The van der Waals surface area contributed by atoms with Crippen LogP contribution in [0.15, 0.2) is 206 Å². The third kappa shape index (κ3) is 4.92. The van der Waals surface area contributed by atoms with E-state index in [4.69, 9.17) is 4.74 Å². The van der Waals surface area contributed by atoms with Gasteiger partial charge in [0.1, 0.15) is 0 Å². The van der Waals surface area contributed by atoms with Crippen molar-refractivity contribution in [3.63, 3.8) is 0 Å². The molecule has 0 bridgehead atoms. The number of rotatable bonds is 5. The molecular formula is C54H34N2O. The fourth-order valence-electron chi connectivity index (χ4n) is 9.08. The van der Waals surface area contributed by atoms with Crippen LogP contribution in [0.2, 0.25) is 0 Å². The van der Waals surface area contributed by atoms with Crippen molar-refractivity contribution in [2.75, 3.05) is 0 Å². The Kier molecular flexibility index (Phi) is 6.93. The van der Waals surface area contributed by atoms with E-state index >= 15 is 0 Å². The predicted molar refractivity (Wildman–Crippen MR) is 237 cm³/mol. The highest BCUT2D eigenvalue weighted by atomic mass is 16.5. The van der Waals surface area contributed by atoms with E-state index in [0.29, 0.717) is 0 Å². The molecule has 3 nitrogen and oxygen atoms in total. The van der Waals surface area contributed by atoms with Crippen LogP contribution in [0.1, 0.15) is 0 Å². The number of benzene rings is 9. The largest absolute Gasteiger partial charge is 0.452 e. The van der Waals surface area contributed by atoms with Crippen LogP contribution in [-0.2, 0) is 0 Å². The van der Waals surface area contributed by atoms with Crippen molar-refractivity contribution in [2.45, 2.75) is 0 Å². The van der Waals surface area contributed by atoms with Gasteiger partial charge in [-0.15, -0.1) is 0 Å². The highest BCUT2D eigenvalue weighted by Gasteiger charge is 2.26. The number of ether oxygens (including phenoxy) is 1. The van der Waals surface area contributed by atoms with Crippen molar-refractivity contribution in [2.24, 2.45) is 0 Å². The molecule has 0 unspecified atom stereocenters. The smallest absolute Gasteiger partial charge is 0.159 e. The Morgan fingerprint density at radius 2 is 0.860 bits per heavy atom. The normalized spacial score (nSPS) is 12.0. The summed E-state index contributed by atoms with van der Waals surface area (Å²) in [6.07, 6.45) is 0. The molecule has 1 aliphatic rings. The number of nitrogens with zero attached hydrogens (tertiary/aromatic N) is 2. The molecule has 12 rings (SSSR count). The van der Waals surface area contributed by atoms with Gasteiger partial charge in [0.05, 0.1) is 27.8 Å². The maximum Gasteiger partial charge on any atom is 0.159 e. The van der Waals surface area contributed by atoms with Gasteiger partial charge in [-0.2, -0.15) is 0 Å². The Morgan fingerprint density at radius 3 is 1.60 bits per heavy atom. The second-order valence-electron chi connectivity index (χ2n) is 14.9. The van der Waals surface area contributed by atoms with Gasteiger partial charge < -0.3 is 13.9 Å². The second-order valence-corrected chi connectivity index (χ2v) is 14.9. The number of hydrogen-bond donors (Lipinski definition) is 0. The average Bonchev–Trinajstić information content (AvgIpc) is 3.80. The minimum atomic E-state index is 0.875. The predicted octanol–water partition coefficient (Wildman–Crippen LogP) is 14.7. The van der Waals surface area contributed by atoms with Crippen molar-refractivity contribution >= 4 is 43.6 Å². The van der Waals surface area contributed by atoms with E-state index in [2.05, 4.69) is 215 Å². The van der Waals surface area contributed by atoms with E-state index in [1.54, 1.807) is 0 Å². The monoisotopic (exact) mass is 726 g/mol. The molecule has 0 spiro atoms. The molecular weight excluding hydrogens is 693 g/mol. The zero-order chi connectivity index (χ0) is 37.5. The molecule has 3 heterocycles.